The van der Waals surface area contributed by atoms with Gasteiger partial charge in [0.2, 0.25) is 0 Å². The van der Waals surface area contributed by atoms with Crippen LogP contribution >= 0.6 is 11.6 Å². The van der Waals surface area contributed by atoms with Crippen LogP contribution in [0, 0.1) is 0 Å². The van der Waals surface area contributed by atoms with E-state index in [4.69, 9.17) is 21.1 Å². The van der Waals surface area contributed by atoms with Gasteiger partial charge in [0, 0.05) is 6.04 Å². The highest BCUT2D eigenvalue weighted by molar-refractivity contribution is 6.32. The molecule has 0 saturated heterocycles. The lowest BCUT2D eigenvalue weighted by Gasteiger charge is -2.14. The standard InChI is InChI=1S/C15H22ClNO2/c1-6-19-15-13(16)8-12(9-14(15)18-5)7-10(2)11(3)17-4/h7-9,11,17H,6H2,1-5H3/b10-7-. The molecule has 1 N–H and O–H groups in total. The van der Waals surface area contributed by atoms with Crippen molar-refractivity contribution >= 4 is 17.7 Å². The summed E-state index contributed by atoms with van der Waals surface area (Å²) >= 11 is 6.24. The van der Waals surface area contributed by atoms with Crippen molar-refractivity contribution < 1.29 is 9.47 Å². The van der Waals surface area contributed by atoms with Crippen molar-refractivity contribution in [3.63, 3.8) is 0 Å². The van der Waals surface area contributed by atoms with Crippen LogP contribution in [0.25, 0.3) is 6.08 Å². The molecule has 4 heteroatoms. The topological polar surface area (TPSA) is 30.5 Å². The quantitative estimate of drug-likeness (QED) is 0.862. The summed E-state index contributed by atoms with van der Waals surface area (Å²) in [4.78, 5) is 0. The summed E-state index contributed by atoms with van der Waals surface area (Å²) in [5.74, 6) is 1.26. The first-order valence-corrected chi connectivity index (χ1v) is 6.77. The van der Waals surface area contributed by atoms with Gasteiger partial charge in [-0.3, -0.25) is 0 Å². The van der Waals surface area contributed by atoms with Crippen LogP contribution in [0.4, 0.5) is 0 Å². The van der Waals surface area contributed by atoms with Gasteiger partial charge in [0.25, 0.3) is 0 Å². The van der Waals surface area contributed by atoms with E-state index in [1.165, 1.54) is 5.57 Å². The fourth-order valence-electron chi connectivity index (χ4n) is 1.72. The second-order valence-electron chi connectivity index (χ2n) is 4.37. The highest BCUT2D eigenvalue weighted by atomic mass is 35.5. The van der Waals surface area contributed by atoms with E-state index in [9.17, 15) is 0 Å². The smallest absolute Gasteiger partial charge is 0.179 e. The van der Waals surface area contributed by atoms with Gasteiger partial charge in [-0.25, -0.2) is 0 Å². The summed E-state index contributed by atoms with van der Waals surface area (Å²) in [5, 5.41) is 3.77. The second kappa shape index (κ2) is 7.41. The maximum absolute atomic E-state index is 6.24. The lowest BCUT2D eigenvalue weighted by molar-refractivity contribution is 0.311. The average Bonchev–Trinajstić information content (AvgIpc) is 2.40. The van der Waals surface area contributed by atoms with Crippen molar-refractivity contribution in [1.82, 2.24) is 5.32 Å². The predicted octanol–water partition coefficient (Wildman–Crippen LogP) is 3.76. The minimum Gasteiger partial charge on any atom is -0.493 e. The SMILES string of the molecule is CCOc1c(Cl)cc(/C=C(/C)C(C)NC)cc1OC. The molecule has 1 unspecified atom stereocenters. The highest BCUT2D eigenvalue weighted by Gasteiger charge is 2.11. The van der Waals surface area contributed by atoms with E-state index in [2.05, 4.69) is 25.2 Å². The van der Waals surface area contributed by atoms with Gasteiger partial charge < -0.3 is 14.8 Å². The van der Waals surface area contributed by atoms with Gasteiger partial charge in [-0.1, -0.05) is 23.3 Å². The first kappa shape index (κ1) is 15.9. The van der Waals surface area contributed by atoms with Crippen LogP contribution in [0.15, 0.2) is 17.7 Å². The normalized spacial score (nSPS) is 13.3. The van der Waals surface area contributed by atoms with Crippen LogP contribution in [-0.2, 0) is 0 Å². The zero-order valence-electron chi connectivity index (χ0n) is 12.2. The van der Waals surface area contributed by atoms with Crippen molar-refractivity contribution in [2.24, 2.45) is 0 Å². The number of rotatable bonds is 6. The van der Waals surface area contributed by atoms with E-state index in [1.807, 2.05) is 26.1 Å². The Bertz CT molecular complexity index is 458. The van der Waals surface area contributed by atoms with E-state index in [0.29, 0.717) is 29.2 Å². The molecule has 0 aliphatic heterocycles. The van der Waals surface area contributed by atoms with Gasteiger partial charge in [0.05, 0.1) is 18.7 Å². The molecule has 0 spiro atoms. The Labute approximate surface area is 120 Å². The summed E-state index contributed by atoms with van der Waals surface area (Å²) in [5.41, 5.74) is 2.23. The average molecular weight is 284 g/mol. The molecule has 0 aliphatic rings. The van der Waals surface area contributed by atoms with Crippen LogP contribution in [-0.4, -0.2) is 26.8 Å². The zero-order valence-corrected chi connectivity index (χ0v) is 13.0. The van der Waals surface area contributed by atoms with E-state index in [1.54, 1.807) is 7.11 Å². The minimum atomic E-state index is 0.316. The first-order chi connectivity index (χ1) is 9.03. The molecule has 0 aliphatic carbocycles. The minimum absolute atomic E-state index is 0.316. The van der Waals surface area contributed by atoms with Crippen molar-refractivity contribution in [3.05, 3.63) is 28.3 Å². The van der Waals surface area contributed by atoms with Crippen LogP contribution in [0.2, 0.25) is 5.02 Å². The molecule has 3 nitrogen and oxygen atoms in total. The van der Waals surface area contributed by atoms with E-state index < -0.39 is 0 Å². The molecule has 1 aromatic carbocycles. The van der Waals surface area contributed by atoms with Gasteiger partial charge >= 0.3 is 0 Å². The van der Waals surface area contributed by atoms with Gasteiger partial charge in [-0.05, 0) is 45.5 Å². The highest BCUT2D eigenvalue weighted by Crippen LogP contribution is 2.37. The van der Waals surface area contributed by atoms with Gasteiger partial charge in [-0.15, -0.1) is 0 Å². The van der Waals surface area contributed by atoms with Crippen LogP contribution in [0.3, 0.4) is 0 Å². The molecular formula is C15H22ClNO2. The van der Waals surface area contributed by atoms with E-state index >= 15 is 0 Å². The third-order valence-electron chi connectivity index (χ3n) is 3.05. The molecule has 0 radical (unpaired) electrons. The number of ether oxygens (including phenoxy) is 2. The fourth-order valence-corrected chi connectivity index (χ4v) is 2.00. The van der Waals surface area contributed by atoms with E-state index in [-0.39, 0.29) is 0 Å². The zero-order chi connectivity index (χ0) is 14.4. The largest absolute Gasteiger partial charge is 0.493 e. The van der Waals surface area contributed by atoms with Gasteiger partial charge in [-0.2, -0.15) is 0 Å². The molecule has 106 valence electrons. The molecule has 19 heavy (non-hydrogen) atoms. The number of halogens is 1. The summed E-state index contributed by atoms with van der Waals surface area (Å²) in [6, 6.07) is 4.14. The third-order valence-corrected chi connectivity index (χ3v) is 3.33. The molecule has 1 rings (SSSR count). The summed E-state index contributed by atoms with van der Waals surface area (Å²) in [7, 11) is 3.55. The lowest BCUT2D eigenvalue weighted by Crippen LogP contribution is -2.21. The molecule has 0 aromatic heterocycles. The van der Waals surface area contributed by atoms with Crippen molar-refractivity contribution in [1.29, 1.82) is 0 Å². The Morgan fingerprint density at radius 2 is 2.16 bits per heavy atom. The maximum atomic E-state index is 6.24. The molecule has 1 aromatic rings. The number of methoxy groups -OCH3 is 1. The molecule has 0 heterocycles. The summed E-state index contributed by atoms with van der Waals surface area (Å²) < 4.78 is 10.8. The van der Waals surface area contributed by atoms with Crippen LogP contribution in [0.1, 0.15) is 26.3 Å². The molecule has 0 fully saturated rings. The maximum Gasteiger partial charge on any atom is 0.179 e. The lowest BCUT2D eigenvalue weighted by atomic mass is 10.1. The van der Waals surface area contributed by atoms with Crippen molar-refractivity contribution in [2.45, 2.75) is 26.8 Å². The Hall–Kier alpha value is -1.19. The van der Waals surface area contributed by atoms with Crippen molar-refractivity contribution in [3.8, 4) is 11.5 Å². The Morgan fingerprint density at radius 3 is 2.68 bits per heavy atom. The molecule has 0 bridgehead atoms. The van der Waals surface area contributed by atoms with Crippen molar-refractivity contribution in [2.75, 3.05) is 20.8 Å². The van der Waals surface area contributed by atoms with Crippen LogP contribution in [0.5, 0.6) is 11.5 Å². The number of hydrogen-bond donors (Lipinski definition) is 1. The van der Waals surface area contributed by atoms with Gasteiger partial charge in [0.1, 0.15) is 0 Å². The molecule has 1 atom stereocenters. The predicted molar refractivity (Wildman–Crippen MR) is 81.3 cm³/mol. The molecular weight excluding hydrogens is 262 g/mol. The second-order valence-corrected chi connectivity index (χ2v) is 4.77. The summed E-state index contributed by atoms with van der Waals surface area (Å²) in [6.45, 7) is 6.67. The van der Waals surface area contributed by atoms with Gasteiger partial charge in [0.15, 0.2) is 11.5 Å². The Morgan fingerprint density at radius 1 is 1.47 bits per heavy atom. The Balaban J connectivity index is 3.15. The third kappa shape index (κ3) is 4.15. The first-order valence-electron chi connectivity index (χ1n) is 6.39. The molecule has 0 amide bonds. The van der Waals surface area contributed by atoms with E-state index in [0.717, 1.165) is 5.56 Å². The fraction of sp³-hybridized carbons (Fsp3) is 0.467. The monoisotopic (exact) mass is 283 g/mol. The van der Waals surface area contributed by atoms with Crippen LogP contribution < -0.4 is 14.8 Å². The molecule has 0 saturated carbocycles. The number of likely N-dealkylation sites (N-methyl/N-ethyl adjacent to an activating group) is 1. The number of benzene rings is 1. The summed E-state index contributed by atoms with van der Waals surface area (Å²) in [6.07, 6.45) is 2.09. The number of hydrogen-bond acceptors (Lipinski definition) is 3. The number of nitrogens with one attached hydrogen (secondary N) is 1. The Kier molecular flexibility index (Phi) is 6.19.